The van der Waals surface area contributed by atoms with Crippen LogP contribution in [0.25, 0.3) is 0 Å². The van der Waals surface area contributed by atoms with Gasteiger partial charge in [-0.05, 0) is 37.0 Å². The molecule has 0 saturated carbocycles. The third-order valence-electron chi connectivity index (χ3n) is 2.92. The van der Waals surface area contributed by atoms with Gasteiger partial charge in [-0.3, -0.25) is 0 Å². The molecule has 1 atom stereocenters. The first-order chi connectivity index (χ1) is 8.16. The van der Waals surface area contributed by atoms with E-state index in [1.165, 1.54) is 11.6 Å². The molecule has 2 rings (SSSR count). The van der Waals surface area contributed by atoms with Crippen LogP contribution in [0.4, 0.5) is 8.78 Å². The van der Waals surface area contributed by atoms with Gasteiger partial charge < -0.3 is 10.5 Å². The first-order valence-electron chi connectivity index (χ1n) is 5.66. The van der Waals surface area contributed by atoms with Gasteiger partial charge in [-0.2, -0.15) is 8.78 Å². The highest BCUT2D eigenvalue weighted by atomic mass is 19.3. The highest BCUT2D eigenvalue weighted by Gasteiger charge is 2.15. The minimum Gasteiger partial charge on any atom is -0.435 e. The molecule has 2 nitrogen and oxygen atoms in total. The summed E-state index contributed by atoms with van der Waals surface area (Å²) in [6.45, 7) is -2.80. The van der Waals surface area contributed by atoms with Gasteiger partial charge in [0.25, 0.3) is 0 Å². The lowest BCUT2D eigenvalue weighted by atomic mass is 9.99. The highest BCUT2D eigenvalue weighted by Crippen LogP contribution is 2.30. The molecular formula is C13H15F2NO. The summed E-state index contributed by atoms with van der Waals surface area (Å²) in [5.41, 5.74) is 8.08. The molecule has 4 heteroatoms. The molecule has 0 aliphatic heterocycles. The molecule has 0 radical (unpaired) electrons. The Balaban J connectivity index is 2.14. The Morgan fingerprint density at radius 3 is 2.76 bits per heavy atom. The molecule has 0 aromatic heterocycles. The van der Waals surface area contributed by atoms with Crippen LogP contribution in [0, 0.1) is 0 Å². The van der Waals surface area contributed by atoms with E-state index >= 15 is 0 Å². The lowest BCUT2D eigenvalue weighted by molar-refractivity contribution is -0.0498. The van der Waals surface area contributed by atoms with Crippen molar-refractivity contribution in [2.24, 2.45) is 5.73 Å². The van der Waals surface area contributed by atoms with Gasteiger partial charge in [0.05, 0.1) is 6.04 Å². The van der Waals surface area contributed by atoms with Crippen molar-refractivity contribution in [3.8, 4) is 5.75 Å². The van der Waals surface area contributed by atoms with Crippen molar-refractivity contribution in [1.82, 2.24) is 0 Å². The highest BCUT2D eigenvalue weighted by molar-refractivity contribution is 5.35. The van der Waals surface area contributed by atoms with E-state index in [1.54, 1.807) is 12.1 Å². The molecule has 0 bridgehead atoms. The normalized spacial score (nSPS) is 17.1. The van der Waals surface area contributed by atoms with Crippen molar-refractivity contribution >= 4 is 0 Å². The number of rotatable bonds is 4. The second-order valence-corrected chi connectivity index (χ2v) is 4.10. The van der Waals surface area contributed by atoms with Gasteiger partial charge in [-0.15, -0.1) is 0 Å². The Kier molecular flexibility index (Phi) is 3.74. The van der Waals surface area contributed by atoms with E-state index in [0.717, 1.165) is 24.8 Å². The number of nitrogens with two attached hydrogens (primary N) is 1. The summed E-state index contributed by atoms with van der Waals surface area (Å²) in [6, 6.07) is 6.39. The second kappa shape index (κ2) is 5.27. The van der Waals surface area contributed by atoms with Crippen LogP contribution >= 0.6 is 0 Å². The zero-order chi connectivity index (χ0) is 12.3. The van der Waals surface area contributed by atoms with E-state index in [0.29, 0.717) is 0 Å². The van der Waals surface area contributed by atoms with Gasteiger partial charge in [0.2, 0.25) is 0 Å². The number of allylic oxidation sites excluding steroid dienone is 1. The fraction of sp³-hybridized carbons (Fsp3) is 0.385. The number of alkyl halides is 2. The maximum absolute atomic E-state index is 12.1. The maximum Gasteiger partial charge on any atom is 0.387 e. The molecule has 0 fully saturated rings. The Labute approximate surface area is 99.1 Å². The van der Waals surface area contributed by atoms with E-state index < -0.39 is 6.61 Å². The van der Waals surface area contributed by atoms with Gasteiger partial charge in [-0.1, -0.05) is 23.8 Å². The molecule has 92 valence electrons. The first-order valence-corrected chi connectivity index (χ1v) is 5.66. The van der Waals surface area contributed by atoms with Crippen LogP contribution in [0.2, 0.25) is 0 Å². The molecular weight excluding hydrogens is 224 g/mol. The molecule has 0 spiro atoms. The molecule has 2 N–H and O–H groups in total. The van der Waals surface area contributed by atoms with Gasteiger partial charge >= 0.3 is 6.61 Å². The molecule has 0 amide bonds. The third-order valence-corrected chi connectivity index (χ3v) is 2.92. The minimum atomic E-state index is -2.80. The van der Waals surface area contributed by atoms with Crippen LogP contribution < -0.4 is 10.5 Å². The lowest BCUT2D eigenvalue weighted by Gasteiger charge is -2.14. The van der Waals surface area contributed by atoms with Crippen LogP contribution in [-0.2, 0) is 0 Å². The third kappa shape index (κ3) is 3.03. The number of hydrogen-bond donors (Lipinski definition) is 1. The summed E-state index contributed by atoms with van der Waals surface area (Å²) >= 11 is 0. The monoisotopic (exact) mass is 239 g/mol. The maximum atomic E-state index is 12.1. The van der Waals surface area contributed by atoms with Crippen LogP contribution in [0.1, 0.15) is 30.9 Å². The van der Waals surface area contributed by atoms with E-state index in [1.807, 2.05) is 6.07 Å². The number of halogens is 2. The van der Waals surface area contributed by atoms with Crippen molar-refractivity contribution < 1.29 is 13.5 Å². The van der Waals surface area contributed by atoms with Crippen molar-refractivity contribution in [2.45, 2.75) is 31.9 Å². The zero-order valence-electron chi connectivity index (χ0n) is 9.40. The second-order valence-electron chi connectivity index (χ2n) is 4.10. The first kappa shape index (κ1) is 12.0. The van der Waals surface area contributed by atoms with Crippen LogP contribution in [-0.4, -0.2) is 6.61 Å². The summed E-state index contributed by atoms with van der Waals surface area (Å²) in [5, 5.41) is 0. The van der Waals surface area contributed by atoms with Crippen molar-refractivity contribution in [2.75, 3.05) is 0 Å². The summed E-state index contributed by atoms with van der Waals surface area (Å²) in [6.07, 6.45) is 5.29. The fourth-order valence-electron chi connectivity index (χ4n) is 2.08. The van der Waals surface area contributed by atoms with E-state index in [-0.39, 0.29) is 11.8 Å². The van der Waals surface area contributed by atoms with E-state index in [2.05, 4.69) is 10.8 Å². The predicted octanol–water partition coefficient (Wildman–Crippen LogP) is 3.40. The molecule has 1 unspecified atom stereocenters. The lowest BCUT2D eigenvalue weighted by Crippen LogP contribution is -2.12. The fourth-order valence-corrected chi connectivity index (χ4v) is 2.08. The molecule has 1 aliphatic rings. The topological polar surface area (TPSA) is 35.2 Å². The van der Waals surface area contributed by atoms with Gasteiger partial charge in [0, 0.05) is 0 Å². The molecule has 0 heterocycles. The molecule has 17 heavy (non-hydrogen) atoms. The Morgan fingerprint density at radius 2 is 2.12 bits per heavy atom. The average Bonchev–Trinajstić information content (AvgIpc) is 2.81. The van der Waals surface area contributed by atoms with E-state index in [9.17, 15) is 8.78 Å². The Morgan fingerprint density at radius 1 is 1.29 bits per heavy atom. The molecule has 1 aliphatic carbocycles. The van der Waals surface area contributed by atoms with Crippen LogP contribution in [0.15, 0.2) is 35.9 Å². The average molecular weight is 239 g/mol. The Bertz CT molecular complexity index is 418. The van der Waals surface area contributed by atoms with Crippen molar-refractivity contribution in [3.63, 3.8) is 0 Å². The minimum absolute atomic E-state index is 0.159. The zero-order valence-corrected chi connectivity index (χ0v) is 9.40. The number of ether oxygens (including phenoxy) is 1. The number of benzene rings is 1. The molecule has 0 saturated heterocycles. The summed E-state index contributed by atoms with van der Waals surface area (Å²) < 4.78 is 28.5. The number of hydrogen-bond acceptors (Lipinski definition) is 2. The van der Waals surface area contributed by atoms with Crippen LogP contribution in [0.5, 0.6) is 5.75 Å². The van der Waals surface area contributed by atoms with Crippen molar-refractivity contribution in [1.29, 1.82) is 0 Å². The summed E-state index contributed by atoms with van der Waals surface area (Å²) in [5.74, 6) is 0.159. The Hall–Kier alpha value is -1.42. The van der Waals surface area contributed by atoms with Gasteiger partial charge in [-0.25, -0.2) is 0 Å². The summed E-state index contributed by atoms with van der Waals surface area (Å²) in [7, 11) is 0. The van der Waals surface area contributed by atoms with Gasteiger partial charge in [0.15, 0.2) is 0 Å². The largest absolute Gasteiger partial charge is 0.435 e. The smallest absolute Gasteiger partial charge is 0.387 e. The molecule has 1 aromatic carbocycles. The van der Waals surface area contributed by atoms with Crippen molar-refractivity contribution in [3.05, 3.63) is 41.5 Å². The quantitative estimate of drug-likeness (QED) is 0.817. The van der Waals surface area contributed by atoms with Crippen LogP contribution in [0.3, 0.4) is 0 Å². The van der Waals surface area contributed by atoms with Gasteiger partial charge in [0.1, 0.15) is 5.75 Å². The van der Waals surface area contributed by atoms with E-state index in [4.69, 9.17) is 5.73 Å². The standard InChI is InChI=1S/C13H15F2NO/c14-13(15)17-11-7-3-6-10(8-11)12(16)9-4-1-2-5-9/h3-4,6-8,12-13H,1-2,5,16H2. The summed E-state index contributed by atoms with van der Waals surface area (Å²) in [4.78, 5) is 0. The molecule has 1 aromatic rings. The predicted molar refractivity (Wildman–Crippen MR) is 61.9 cm³/mol. The SMILES string of the molecule is NC(C1=CCCC1)c1cccc(OC(F)F)c1.